The van der Waals surface area contributed by atoms with Crippen LogP contribution in [0.3, 0.4) is 0 Å². The summed E-state index contributed by atoms with van der Waals surface area (Å²) in [6.45, 7) is 2.12. The average molecular weight is 269 g/mol. The van der Waals surface area contributed by atoms with E-state index in [-0.39, 0.29) is 11.8 Å². The van der Waals surface area contributed by atoms with E-state index in [1.807, 2.05) is 13.0 Å². The van der Waals surface area contributed by atoms with Crippen molar-refractivity contribution in [3.63, 3.8) is 0 Å². The number of hydrogen-bond acceptors (Lipinski definition) is 5. The number of esters is 1. The number of hydrogen-bond donors (Lipinski definition) is 0. The van der Waals surface area contributed by atoms with Crippen molar-refractivity contribution >= 4 is 29.1 Å². The highest BCUT2D eigenvalue weighted by molar-refractivity contribution is 7.05. The van der Waals surface area contributed by atoms with E-state index in [9.17, 15) is 4.79 Å². The van der Waals surface area contributed by atoms with Crippen molar-refractivity contribution in [3.8, 4) is 0 Å². The number of rotatable bonds is 3. The molecule has 0 spiro atoms. The smallest absolute Gasteiger partial charge is 0.338 e. The molecule has 0 bridgehead atoms. The van der Waals surface area contributed by atoms with Crippen LogP contribution in [-0.2, 0) is 11.3 Å². The van der Waals surface area contributed by atoms with Gasteiger partial charge >= 0.3 is 5.97 Å². The SMILES string of the molecule is Cc1cc(COC(=O)c2ccnc(Cl)c2)sn1. The quantitative estimate of drug-likeness (QED) is 0.634. The summed E-state index contributed by atoms with van der Waals surface area (Å²) >= 11 is 7.01. The topological polar surface area (TPSA) is 52.1 Å². The highest BCUT2D eigenvalue weighted by atomic mass is 35.5. The van der Waals surface area contributed by atoms with Crippen molar-refractivity contribution in [2.45, 2.75) is 13.5 Å². The Morgan fingerprint density at radius 1 is 1.53 bits per heavy atom. The second kappa shape index (κ2) is 5.25. The number of pyridine rings is 1. The van der Waals surface area contributed by atoms with Gasteiger partial charge in [-0.2, -0.15) is 4.37 Å². The number of carbonyl (C=O) groups excluding carboxylic acids is 1. The van der Waals surface area contributed by atoms with Crippen LogP contribution in [0.1, 0.15) is 20.9 Å². The second-order valence-corrected chi connectivity index (χ2v) is 4.65. The summed E-state index contributed by atoms with van der Waals surface area (Å²) < 4.78 is 9.23. The van der Waals surface area contributed by atoms with Gasteiger partial charge < -0.3 is 4.74 Å². The fourth-order valence-electron chi connectivity index (χ4n) is 1.23. The van der Waals surface area contributed by atoms with Crippen LogP contribution < -0.4 is 0 Å². The Bertz CT molecular complexity index is 542. The molecule has 6 heteroatoms. The fourth-order valence-corrected chi connectivity index (χ4v) is 2.06. The lowest BCUT2D eigenvalue weighted by molar-refractivity contribution is 0.0476. The maximum absolute atomic E-state index is 11.7. The molecule has 0 aromatic carbocycles. The Morgan fingerprint density at radius 3 is 3.00 bits per heavy atom. The van der Waals surface area contributed by atoms with E-state index in [0.717, 1.165) is 10.6 Å². The lowest BCUT2D eigenvalue weighted by atomic mass is 10.3. The molecule has 0 aliphatic rings. The lowest BCUT2D eigenvalue weighted by Crippen LogP contribution is -2.04. The van der Waals surface area contributed by atoms with Gasteiger partial charge in [-0.1, -0.05) is 11.6 Å². The van der Waals surface area contributed by atoms with Gasteiger partial charge in [0.1, 0.15) is 11.8 Å². The summed E-state index contributed by atoms with van der Waals surface area (Å²) in [5.74, 6) is -0.416. The third kappa shape index (κ3) is 3.25. The molecule has 0 N–H and O–H groups in total. The molecule has 0 radical (unpaired) electrons. The molecule has 88 valence electrons. The first-order valence-electron chi connectivity index (χ1n) is 4.86. The summed E-state index contributed by atoms with van der Waals surface area (Å²) in [5.41, 5.74) is 1.32. The van der Waals surface area contributed by atoms with Crippen LogP contribution in [0, 0.1) is 6.92 Å². The molecule has 4 nitrogen and oxygen atoms in total. The minimum atomic E-state index is -0.416. The Balaban J connectivity index is 1.98. The first kappa shape index (κ1) is 12.0. The molecular weight excluding hydrogens is 260 g/mol. The summed E-state index contributed by atoms with van der Waals surface area (Å²) in [7, 11) is 0. The number of ether oxygens (including phenoxy) is 1. The highest BCUT2D eigenvalue weighted by Crippen LogP contribution is 2.13. The molecule has 0 aliphatic heterocycles. The molecule has 2 aromatic rings. The van der Waals surface area contributed by atoms with Gasteiger partial charge in [-0.3, -0.25) is 0 Å². The molecule has 2 rings (SSSR count). The molecule has 0 saturated heterocycles. The van der Waals surface area contributed by atoms with Crippen LogP contribution in [-0.4, -0.2) is 15.3 Å². The lowest BCUT2D eigenvalue weighted by Gasteiger charge is -2.02. The third-order valence-electron chi connectivity index (χ3n) is 1.98. The Hall–Kier alpha value is -1.46. The maximum atomic E-state index is 11.7. The molecule has 2 aromatic heterocycles. The molecule has 17 heavy (non-hydrogen) atoms. The van der Waals surface area contributed by atoms with Crippen molar-refractivity contribution < 1.29 is 9.53 Å². The van der Waals surface area contributed by atoms with Gasteiger partial charge in [0.2, 0.25) is 0 Å². The van der Waals surface area contributed by atoms with Crippen LogP contribution in [0.5, 0.6) is 0 Å². The van der Waals surface area contributed by atoms with Gasteiger partial charge in [0.15, 0.2) is 0 Å². The summed E-state index contributed by atoms with van der Waals surface area (Å²) in [5, 5.41) is 0.271. The normalized spacial score (nSPS) is 10.2. The van der Waals surface area contributed by atoms with Crippen molar-refractivity contribution in [2.75, 3.05) is 0 Å². The van der Waals surface area contributed by atoms with Crippen LogP contribution in [0.25, 0.3) is 0 Å². The number of nitrogens with zero attached hydrogens (tertiary/aromatic N) is 2. The fraction of sp³-hybridized carbons (Fsp3) is 0.182. The first-order chi connectivity index (χ1) is 8.15. The molecule has 0 saturated carbocycles. The van der Waals surface area contributed by atoms with E-state index in [4.69, 9.17) is 16.3 Å². The van der Waals surface area contributed by atoms with E-state index >= 15 is 0 Å². The van der Waals surface area contributed by atoms with Crippen LogP contribution in [0.15, 0.2) is 24.4 Å². The van der Waals surface area contributed by atoms with Crippen molar-refractivity contribution in [2.24, 2.45) is 0 Å². The van der Waals surface area contributed by atoms with Gasteiger partial charge in [-0.05, 0) is 36.7 Å². The number of aryl methyl sites for hydroxylation is 1. The molecule has 2 heterocycles. The van der Waals surface area contributed by atoms with Crippen LogP contribution >= 0.6 is 23.1 Å². The minimum absolute atomic E-state index is 0.226. The largest absolute Gasteiger partial charge is 0.456 e. The predicted octanol–water partition coefficient (Wildman–Crippen LogP) is 2.86. The number of aromatic nitrogens is 2. The van der Waals surface area contributed by atoms with Gasteiger partial charge in [0.25, 0.3) is 0 Å². The molecule has 0 fully saturated rings. The molecule has 0 unspecified atom stereocenters. The Labute approximate surface area is 107 Å². The summed E-state index contributed by atoms with van der Waals surface area (Å²) in [6, 6.07) is 4.92. The third-order valence-corrected chi connectivity index (χ3v) is 3.04. The van der Waals surface area contributed by atoms with Gasteiger partial charge in [0, 0.05) is 6.20 Å². The maximum Gasteiger partial charge on any atom is 0.338 e. The van der Waals surface area contributed by atoms with Crippen molar-refractivity contribution in [1.29, 1.82) is 0 Å². The van der Waals surface area contributed by atoms with Crippen molar-refractivity contribution in [3.05, 3.63) is 45.7 Å². The second-order valence-electron chi connectivity index (χ2n) is 3.38. The molecular formula is C11H9ClN2O2S. The van der Waals surface area contributed by atoms with E-state index in [1.54, 1.807) is 6.07 Å². The number of halogens is 1. The predicted molar refractivity (Wildman–Crippen MR) is 65.2 cm³/mol. The monoisotopic (exact) mass is 268 g/mol. The van der Waals surface area contributed by atoms with E-state index < -0.39 is 5.97 Å². The zero-order chi connectivity index (χ0) is 12.3. The van der Waals surface area contributed by atoms with Crippen LogP contribution in [0.2, 0.25) is 5.15 Å². The van der Waals surface area contributed by atoms with Gasteiger partial charge in [-0.15, -0.1) is 0 Å². The van der Waals surface area contributed by atoms with E-state index in [1.165, 1.54) is 23.8 Å². The summed E-state index contributed by atoms with van der Waals surface area (Å²) in [6.07, 6.45) is 1.47. The average Bonchev–Trinajstić information content (AvgIpc) is 2.72. The van der Waals surface area contributed by atoms with Gasteiger partial charge in [-0.25, -0.2) is 9.78 Å². The highest BCUT2D eigenvalue weighted by Gasteiger charge is 2.09. The Kier molecular flexibility index (Phi) is 3.71. The first-order valence-corrected chi connectivity index (χ1v) is 6.01. The summed E-state index contributed by atoms with van der Waals surface area (Å²) in [4.78, 5) is 16.4. The van der Waals surface area contributed by atoms with E-state index in [0.29, 0.717) is 5.56 Å². The molecule has 0 atom stereocenters. The van der Waals surface area contributed by atoms with Gasteiger partial charge in [0.05, 0.1) is 16.1 Å². The minimum Gasteiger partial charge on any atom is -0.456 e. The van der Waals surface area contributed by atoms with Crippen molar-refractivity contribution in [1.82, 2.24) is 9.36 Å². The zero-order valence-electron chi connectivity index (χ0n) is 9.01. The number of carbonyl (C=O) groups is 1. The van der Waals surface area contributed by atoms with E-state index in [2.05, 4.69) is 9.36 Å². The Morgan fingerprint density at radius 2 is 2.35 bits per heavy atom. The van der Waals surface area contributed by atoms with Crippen LogP contribution in [0.4, 0.5) is 0 Å². The molecule has 0 aliphatic carbocycles. The zero-order valence-corrected chi connectivity index (χ0v) is 10.6. The molecule has 0 amide bonds. The standard InChI is InChI=1S/C11H9ClN2O2S/c1-7-4-9(17-14-7)6-16-11(15)8-2-3-13-10(12)5-8/h2-5H,6H2,1H3.